The van der Waals surface area contributed by atoms with E-state index < -0.39 is 6.04 Å². The van der Waals surface area contributed by atoms with Gasteiger partial charge in [-0.15, -0.1) is 0 Å². The third kappa shape index (κ3) is 5.36. The summed E-state index contributed by atoms with van der Waals surface area (Å²) in [5, 5.41) is 5.83. The molecule has 0 radical (unpaired) electrons. The van der Waals surface area contributed by atoms with Crippen LogP contribution in [0.3, 0.4) is 0 Å². The van der Waals surface area contributed by atoms with Gasteiger partial charge in [0.05, 0.1) is 0 Å². The van der Waals surface area contributed by atoms with Gasteiger partial charge in [-0.05, 0) is 17.9 Å². The number of hydrogen-bond acceptors (Lipinski definition) is 3. The van der Waals surface area contributed by atoms with Gasteiger partial charge < -0.3 is 10.6 Å². The molecule has 1 aromatic carbocycles. The van der Waals surface area contributed by atoms with Gasteiger partial charge in [-0.1, -0.05) is 44.2 Å². The maximum atomic E-state index is 12.4. The molecule has 0 spiro atoms. The maximum absolute atomic E-state index is 12.4. The van der Waals surface area contributed by atoms with E-state index in [-0.39, 0.29) is 23.8 Å². The van der Waals surface area contributed by atoms with Crippen LogP contribution >= 0.6 is 0 Å². The van der Waals surface area contributed by atoms with Gasteiger partial charge >= 0.3 is 0 Å². The topological polar surface area (TPSA) is 61.4 Å². The van der Waals surface area contributed by atoms with E-state index in [1.54, 1.807) is 0 Å². The van der Waals surface area contributed by atoms with Gasteiger partial charge in [0.2, 0.25) is 11.8 Å². The molecule has 5 nitrogen and oxygen atoms in total. The Bertz CT molecular complexity index is 530. The number of carbonyl (C=O) groups excluding carboxylic acids is 2. The van der Waals surface area contributed by atoms with Crippen molar-refractivity contribution in [3.8, 4) is 0 Å². The lowest BCUT2D eigenvalue weighted by atomic mass is 10.0. The number of carbonyl (C=O) groups is 2. The molecule has 23 heavy (non-hydrogen) atoms. The molecule has 2 rings (SSSR count). The normalized spacial score (nSPS) is 19.6. The van der Waals surface area contributed by atoms with Crippen molar-refractivity contribution in [1.29, 1.82) is 0 Å². The molecule has 1 heterocycles. The standard InChI is InChI=1S/C18H27N3O2/c1-13(2)17(19-14(3)22)18(23)20-16-9-10-21(12-16)11-15-7-5-4-6-8-15/h4-8,13,16-17H,9-12H2,1-3H3,(H,19,22)(H,20,23)/t16-,17+/m0/s1. The van der Waals surface area contributed by atoms with E-state index in [0.717, 1.165) is 26.1 Å². The SMILES string of the molecule is CC(=O)N[C@@H](C(=O)N[C@H]1CCN(Cc2ccccc2)C1)C(C)C. The third-order valence-electron chi connectivity index (χ3n) is 4.18. The van der Waals surface area contributed by atoms with E-state index in [2.05, 4.69) is 27.7 Å². The first-order valence-corrected chi connectivity index (χ1v) is 8.29. The average molecular weight is 317 g/mol. The van der Waals surface area contributed by atoms with E-state index in [1.165, 1.54) is 12.5 Å². The van der Waals surface area contributed by atoms with Crippen LogP contribution < -0.4 is 10.6 Å². The first-order chi connectivity index (χ1) is 11.0. The zero-order chi connectivity index (χ0) is 16.8. The van der Waals surface area contributed by atoms with Gasteiger partial charge in [0.25, 0.3) is 0 Å². The molecule has 0 saturated carbocycles. The van der Waals surface area contributed by atoms with Crippen LogP contribution in [0.25, 0.3) is 0 Å². The lowest BCUT2D eigenvalue weighted by molar-refractivity contribution is -0.129. The molecule has 2 amide bonds. The summed E-state index contributed by atoms with van der Waals surface area (Å²) >= 11 is 0. The highest BCUT2D eigenvalue weighted by Gasteiger charge is 2.28. The minimum atomic E-state index is -0.462. The predicted octanol–water partition coefficient (Wildman–Crippen LogP) is 1.54. The number of nitrogens with zero attached hydrogens (tertiary/aromatic N) is 1. The van der Waals surface area contributed by atoms with E-state index in [1.807, 2.05) is 32.0 Å². The molecular formula is C18H27N3O2. The summed E-state index contributed by atoms with van der Waals surface area (Å²) in [6, 6.07) is 10.0. The lowest BCUT2D eigenvalue weighted by Gasteiger charge is -2.23. The summed E-state index contributed by atoms with van der Waals surface area (Å²) in [6.07, 6.45) is 0.948. The maximum Gasteiger partial charge on any atom is 0.243 e. The first-order valence-electron chi connectivity index (χ1n) is 8.29. The monoisotopic (exact) mass is 317 g/mol. The van der Waals surface area contributed by atoms with Gasteiger partial charge in [0, 0.05) is 32.6 Å². The molecule has 1 fully saturated rings. The van der Waals surface area contributed by atoms with E-state index in [0.29, 0.717) is 0 Å². The summed E-state index contributed by atoms with van der Waals surface area (Å²) in [5.41, 5.74) is 1.29. The molecule has 5 heteroatoms. The Hall–Kier alpha value is -1.88. The van der Waals surface area contributed by atoms with Crippen molar-refractivity contribution in [1.82, 2.24) is 15.5 Å². The minimum Gasteiger partial charge on any atom is -0.350 e. The first kappa shape index (κ1) is 17.5. The number of nitrogens with one attached hydrogen (secondary N) is 2. The molecule has 0 bridgehead atoms. The molecule has 1 aliphatic rings. The summed E-state index contributed by atoms with van der Waals surface area (Å²) in [6.45, 7) is 8.07. The molecule has 1 saturated heterocycles. The zero-order valence-corrected chi connectivity index (χ0v) is 14.2. The van der Waals surface area contributed by atoms with Crippen molar-refractivity contribution in [3.63, 3.8) is 0 Å². The molecule has 126 valence electrons. The molecule has 2 N–H and O–H groups in total. The number of rotatable bonds is 6. The highest BCUT2D eigenvalue weighted by atomic mass is 16.2. The number of hydrogen-bond donors (Lipinski definition) is 2. The second-order valence-electron chi connectivity index (χ2n) is 6.64. The Balaban J connectivity index is 1.84. The quantitative estimate of drug-likeness (QED) is 0.836. The van der Waals surface area contributed by atoms with E-state index in [4.69, 9.17) is 0 Å². The Kier molecular flexibility index (Phi) is 6.16. The molecule has 1 aliphatic heterocycles. The van der Waals surface area contributed by atoms with Crippen LogP contribution in [0.15, 0.2) is 30.3 Å². The third-order valence-corrected chi connectivity index (χ3v) is 4.18. The summed E-state index contributed by atoms with van der Waals surface area (Å²) in [7, 11) is 0. The molecule has 2 atom stereocenters. The van der Waals surface area contributed by atoms with Crippen LogP contribution in [-0.4, -0.2) is 41.9 Å². The van der Waals surface area contributed by atoms with Crippen LogP contribution in [0.4, 0.5) is 0 Å². The van der Waals surface area contributed by atoms with Gasteiger partial charge in [0.1, 0.15) is 6.04 Å². The van der Waals surface area contributed by atoms with Crippen LogP contribution in [-0.2, 0) is 16.1 Å². The number of benzene rings is 1. The Labute approximate surface area is 138 Å². The molecular weight excluding hydrogens is 290 g/mol. The van der Waals surface area contributed by atoms with Crippen LogP contribution in [0.1, 0.15) is 32.8 Å². The number of likely N-dealkylation sites (tertiary alicyclic amines) is 1. The van der Waals surface area contributed by atoms with Crippen LogP contribution in [0, 0.1) is 5.92 Å². The van der Waals surface area contributed by atoms with Gasteiger partial charge in [-0.2, -0.15) is 0 Å². The van der Waals surface area contributed by atoms with Crippen molar-refractivity contribution >= 4 is 11.8 Å². The van der Waals surface area contributed by atoms with Crippen molar-refractivity contribution < 1.29 is 9.59 Å². The minimum absolute atomic E-state index is 0.0701. The van der Waals surface area contributed by atoms with Crippen molar-refractivity contribution in [2.45, 2.75) is 45.8 Å². The highest BCUT2D eigenvalue weighted by molar-refractivity contribution is 5.87. The summed E-state index contributed by atoms with van der Waals surface area (Å²) in [5.74, 6) is -0.182. The number of amides is 2. The van der Waals surface area contributed by atoms with Crippen LogP contribution in [0.5, 0.6) is 0 Å². The average Bonchev–Trinajstić information content (AvgIpc) is 2.92. The second kappa shape index (κ2) is 8.11. The van der Waals surface area contributed by atoms with Crippen molar-refractivity contribution in [3.05, 3.63) is 35.9 Å². The molecule has 0 aromatic heterocycles. The summed E-state index contributed by atoms with van der Waals surface area (Å²) in [4.78, 5) is 26.0. The lowest BCUT2D eigenvalue weighted by Crippen LogP contribution is -2.52. The smallest absolute Gasteiger partial charge is 0.243 e. The van der Waals surface area contributed by atoms with Crippen LogP contribution in [0.2, 0.25) is 0 Å². The van der Waals surface area contributed by atoms with E-state index in [9.17, 15) is 9.59 Å². The van der Waals surface area contributed by atoms with Gasteiger partial charge in [-0.3, -0.25) is 14.5 Å². The fraction of sp³-hybridized carbons (Fsp3) is 0.556. The largest absolute Gasteiger partial charge is 0.350 e. The summed E-state index contributed by atoms with van der Waals surface area (Å²) < 4.78 is 0. The Morgan fingerprint density at radius 3 is 2.57 bits per heavy atom. The Morgan fingerprint density at radius 1 is 1.26 bits per heavy atom. The molecule has 0 unspecified atom stereocenters. The van der Waals surface area contributed by atoms with Crippen molar-refractivity contribution in [2.75, 3.05) is 13.1 Å². The van der Waals surface area contributed by atoms with Gasteiger partial charge in [-0.25, -0.2) is 0 Å². The molecule has 0 aliphatic carbocycles. The fourth-order valence-electron chi connectivity index (χ4n) is 2.98. The second-order valence-corrected chi connectivity index (χ2v) is 6.64. The Morgan fingerprint density at radius 2 is 1.96 bits per heavy atom. The predicted molar refractivity (Wildman–Crippen MR) is 90.7 cm³/mol. The highest BCUT2D eigenvalue weighted by Crippen LogP contribution is 2.14. The van der Waals surface area contributed by atoms with Gasteiger partial charge in [0.15, 0.2) is 0 Å². The fourth-order valence-corrected chi connectivity index (χ4v) is 2.98. The zero-order valence-electron chi connectivity index (χ0n) is 14.2. The van der Waals surface area contributed by atoms with E-state index >= 15 is 0 Å². The molecule has 1 aromatic rings. The van der Waals surface area contributed by atoms with Crippen molar-refractivity contribution in [2.24, 2.45) is 5.92 Å².